The average Bonchev–Trinajstić information content (AvgIpc) is 2.32. The van der Waals surface area contributed by atoms with Crippen LogP contribution in [-0.2, 0) is 0 Å². The Balaban J connectivity index is 2.04. The second-order valence-corrected chi connectivity index (χ2v) is 7.40. The van der Waals surface area contributed by atoms with Gasteiger partial charge in [0, 0.05) is 31.7 Å². The number of nitrogens with one attached hydrogen (secondary N) is 1. The van der Waals surface area contributed by atoms with Gasteiger partial charge in [-0.05, 0) is 59.2 Å². The van der Waals surface area contributed by atoms with Crippen LogP contribution in [0.1, 0.15) is 47.5 Å². The van der Waals surface area contributed by atoms with Gasteiger partial charge < -0.3 is 15.1 Å². The van der Waals surface area contributed by atoms with Crippen LogP contribution in [-0.4, -0.2) is 61.2 Å². The highest BCUT2D eigenvalue weighted by Crippen LogP contribution is 2.07. The molecule has 0 aromatic carbocycles. The van der Waals surface area contributed by atoms with E-state index in [1.54, 1.807) is 0 Å². The molecule has 114 valence electrons. The summed E-state index contributed by atoms with van der Waals surface area (Å²) in [5.74, 6) is 0.835. The minimum absolute atomic E-state index is 0.259. The lowest BCUT2D eigenvalue weighted by atomic mass is 10.1. The van der Waals surface area contributed by atoms with Gasteiger partial charge in [-0.3, -0.25) is 0 Å². The lowest BCUT2D eigenvalue weighted by Gasteiger charge is -2.35. The molecule has 3 heteroatoms. The van der Waals surface area contributed by atoms with Gasteiger partial charge in [-0.1, -0.05) is 13.8 Å². The zero-order valence-electron chi connectivity index (χ0n) is 13.8. The minimum atomic E-state index is 0.259. The van der Waals surface area contributed by atoms with E-state index in [-0.39, 0.29) is 5.54 Å². The maximum Gasteiger partial charge on any atom is 0.0110 e. The van der Waals surface area contributed by atoms with E-state index in [9.17, 15) is 0 Å². The summed E-state index contributed by atoms with van der Waals surface area (Å²) < 4.78 is 0. The van der Waals surface area contributed by atoms with Gasteiger partial charge in [0.25, 0.3) is 0 Å². The minimum Gasteiger partial charge on any atom is -0.312 e. The number of piperazine rings is 1. The predicted octanol–water partition coefficient (Wildman–Crippen LogP) is 2.43. The Bertz CT molecular complexity index is 225. The maximum atomic E-state index is 3.57. The molecule has 0 atom stereocenters. The van der Waals surface area contributed by atoms with E-state index in [1.165, 1.54) is 52.1 Å². The maximum absolute atomic E-state index is 3.57. The van der Waals surface area contributed by atoms with Crippen molar-refractivity contribution in [2.45, 2.75) is 53.0 Å². The first-order valence-electron chi connectivity index (χ1n) is 8.06. The Labute approximate surface area is 120 Å². The first kappa shape index (κ1) is 16.9. The molecule has 1 aliphatic rings. The van der Waals surface area contributed by atoms with Gasteiger partial charge in [-0.25, -0.2) is 0 Å². The molecule has 1 aliphatic heterocycles. The van der Waals surface area contributed by atoms with Crippen molar-refractivity contribution in [2.24, 2.45) is 5.92 Å². The van der Waals surface area contributed by atoms with Crippen LogP contribution in [0.15, 0.2) is 0 Å². The fraction of sp³-hybridized carbons (Fsp3) is 1.00. The van der Waals surface area contributed by atoms with Crippen molar-refractivity contribution in [1.82, 2.24) is 15.1 Å². The largest absolute Gasteiger partial charge is 0.312 e. The molecule has 0 aromatic rings. The molecule has 0 saturated carbocycles. The summed E-state index contributed by atoms with van der Waals surface area (Å²) in [6.45, 7) is 20.1. The van der Waals surface area contributed by atoms with E-state index in [0.717, 1.165) is 12.5 Å². The summed E-state index contributed by atoms with van der Waals surface area (Å²) in [5.41, 5.74) is 0.259. The molecule has 19 heavy (non-hydrogen) atoms. The summed E-state index contributed by atoms with van der Waals surface area (Å²) in [7, 11) is 0. The lowest BCUT2D eigenvalue weighted by Crippen LogP contribution is -2.47. The molecule has 0 aliphatic carbocycles. The molecule has 0 bridgehead atoms. The number of nitrogens with zero attached hydrogens (tertiary/aromatic N) is 2. The molecule has 1 N–H and O–H groups in total. The second-order valence-electron chi connectivity index (χ2n) is 7.40. The van der Waals surface area contributed by atoms with Gasteiger partial charge >= 0.3 is 0 Å². The smallest absolute Gasteiger partial charge is 0.0110 e. The molecule has 0 unspecified atom stereocenters. The number of hydrogen-bond acceptors (Lipinski definition) is 3. The third-order valence-corrected chi connectivity index (χ3v) is 3.79. The second kappa shape index (κ2) is 8.23. The topological polar surface area (TPSA) is 18.5 Å². The zero-order chi connectivity index (χ0) is 14.3. The highest BCUT2D eigenvalue weighted by molar-refractivity contribution is 4.74. The van der Waals surface area contributed by atoms with E-state index >= 15 is 0 Å². The fourth-order valence-electron chi connectivity index (χ4n) is 2.44. The molecule has 3 nitrogen and oxygen atoms in total. The number of rotatable bonds is 7. The van der Waals surface area contributed by atoms with Crippen molar-refractivity contribution in [3.8, 4) is 0 Å². The normalized spacial score (nSPS) is 19.3. The third-order valence-electron chi connectivity index (χ3n) is 3.79. The molecule has 1 heterocycles. The van der Waals surface area contributed by atoms with Crippen LogP contribution in [0.5, 0.6) is 0 Å². The Morgan fingerprint density at radius 2 is 1.47 bits per heavy atom. The van der Waals surface area contributed by atoms with E-state index < -0.39 is 0 Å². The summed E-state index contributed by atoms with van der Waals surface area (Å²) in [4.78, 5) is 5.25. The zero-order valence-corrected chi connectivity index (χ0v) is 13.8. The van der Waals surface area contributed by atoms with Crippen molar-refractivity contribution in [1.29, 1.82) is 0 Å². The van der Waals surface area contributed by atoms with Crippen LogP contribution in [0.3, 0.4) is 0 Å². The van der Waals surface area contributed by atoms with E-state index in [4.69, 9.17) is 0 Å². The van der Waals surface area contributed by atoms with Crippen LogP contribution in [0, 0.1) is 5.92 Å². The van der Waals surface area contributed by atoms with Gasteiger partial charge in [0.05, 0.1) is 0 Å². The number of hydrogen-bond donors (Lipinski definition) is 1. The standard InChI is InChI=1S/C16H35N3/c1-15(2)7-10-19-13-11-18(12-14-19)9-6-8-17-16(3,4)5/h15,17H,6-14H2,1-5H3. The Morgan fingerprint density at radius 3 is 1.95 bits per heavy atom. The van der Waals surface area contributed by atoms with Crippen LogP contribution < -0.4 is 5.32 Å². The Morgan fingerprint density at radius 1 is 0.947 bits per heavy atom. The summed E-state index contributed by atoms with van der Waals surface area (Å²) in [6.07, 6.45) is 2.61. The van der Waals surface area contributed by atoms with Crippen molar-refractivity contribution >= 4 is 0 Å². The van der Waals surface area contributed by atoms with Gasteiger partial charge in [0.2, 0.25) is 0 Å². The average molecular weight is 269 g/mol. The van der Waals surface area contributed by atoms with Gasteiger partial charge in [0.1, 0.15) is 0 Å². The third kappa shape index (κ3) is 8.61. The van der Waals surface area contributed by atoms with Crippen molar-refractivity contribution in [2.75, 3.05) is 45.8 Å². The molecule has 0 spiro atoms. The molecule has 0 aromatic heterocycles. The molecule has 1 fully saturated rings. The monoisotopic (exact) mass is 269 g/mol. The molecular formula is C16H35N3. The molecule has 0 amide bonds. The first-order valence-corrected chi connectivity index (χ1v) is 8.06. The van der Waals surface area contributed by atoms with Gasteiger partial charge in [0.15, 0.2) is 0 Å². The molecule has 1 saturated heterocycles. The Kier molecular flexibility index (Phi) is 7.33. The van der Waals surface area contributed by atoms with Crippen LogP contribution in [0.25, 0.3) is 0 Å². The highest BCUT2D eigenvalue weighted by Gasteiger charge is 2.16. The summed E-state index contributed by atoms with van der Waals surface area (Å²) in [5, 5.41) is 3.57. The van der Waals surface area contributed by atoms with Gasteiger partial charge in [-0.2, -0.15) is 0 Å². The lowest BCUT2D eigenvalue weighted by molar-refractivity contribution is 0.126. The van der Waals surface area contributed by atoms with Crippen LogP contribution >= 0.6 is 0 Å². The van der Waals surface area contributed by atoms with Crippen molar-refractivity contribution in [3.63, 3.8) is 0 Å². The predicted molar refractivity (Wildman–Crippen MR) is 84.7 cm³/mol. The SMILES string of the molecule is CC(C)CCN1CCN(CCCNC(C)(C)C)CC1. The van der Waals surface area contributed by atoms with Gasteiger partial charge in [-0.15, -0.1) is 0 Å². The quantitative estimate of drug-likeness (QED) is 0.716. The Hall–Kier alpha value is -0.120. The van der Waals surface area contributed by atoms with Crippen molar-refractivity contribution in [3.05, 3.63) is 0 Å². The van der Waals surface area contributed by atoms with Crippen LogP contribution in [0.2, 0.25) is 0 Å². The summed E-state index contributed by atoms with van der Waals surface area (Å²) >= 11 is 0. The van der Waals surface area contributed by atoms with E-state index in [0.29, 0.717) is 0 Å². The molecule has 0 radical (unpaired) electrons. The van der Waals surface area contributed by atoms with Crippen LogP contribution in [0.4, 0.5) is 0 Å². The highest BCUT2D eigenvalue weighted by atomic mass is 15.3. The summed E-state index contributed by atoms with van der Waals surface area (Å²) in [6, 6.07) is 0. The van der Waals surface area contributed by atoms with E-state index in [2.05, 4.69) is 49.7 Å². The molecular weight excluding hydrogens is 234 g/mol. The fourth-order valence-corrected chi connectivity index (χ4v) is 2.44. The first-order chi connectivity index (χ1) is 8.87. The molecule has 1 rings (SSSR count). The van der Waals surface area contributed by atoms with E-state index in [1.807, 2.05) is 0 Å². The van der Waals surface area contributed by atoms with Crippen molar-refractivity contribution < 1.29 is 0 Å².